The number of amides is 2. The van der Waals surface area contributed by atoms with Gasteiger partial charge in [-0.15, -0.1) is 0 Å². The van der Waals surface area contributed by atoms with Gasteiger partial charge in [-0.1, -0.05) is 42.5 Å². The third-order valence-electron chi connectivity index (χ3n) is 5.84. The Balaban J connectivity index is 1.31. The summed E-state index contributed by atoms with van der Waals surface area (Å²) in [4.78, 5) is 29.5. The van der Waals surface area contributed by atoms with Gasteiger partial charge < -0.3 is 10.2 Å². The fourth-order valence-corrected chi connectivity index (χ4v) is 5.06. The van der Waals surface area contributed by atoms with Gasteiger partial charge in [0.15, 0.2) is 0 Å². The monoisotopic (exact) mass is 423 g/mol. The van der Waals surface area contributed by atoms with Crippen molar-refractivity contribution in [3.8, 4) is 0 Å². The summed E-state index contributed by atoms with van der Waals surface area (Å²) in [5.41, 5.74) is 3.01. The number of nitrogens with zero attached hydrogens (tertiary/aromatic N) is 2. The van der Waals surface area contributed by atoms with E-state index in [-0.39, 0.29) is 17.9 Å². The van der Waals surface area contributed by atoms with Crippen molar-refractivity contribution in [1.29, 1.82) is 0 Å². The van der Waals surface area contributed by atoms with Crippen molar-refractivity contribution in [2.45, 2.75) is 31.8 Å². The molecule has 5 nitrogen and oxygen atoms in total. The molecule has 0 bridgehead atoms. The minimum Gasteiger partial charge on any atom is -0.341 e. The molecular weight excluding hydrogens is 394 g/mol. The highest BCUT2D eigenvalue weighted by atomic mass is 32.2. The van der Waals surface area contributed by atoms with Crippen molar-refractivity contribution >= 4 is 29.3 Å². The van der Waals surface area contributed by atoms with Crippen LogP contribution in [0.4, 0.5) is 5.69 Å². The molecule has 1 atom stereocenters. The molecule has 0 aliphatic carbocycles. The number of likely N-dealkylation sites (tertiary alicyclic amines) is 1. The molecule has 2 heterocycles. The standard InChI is InChI=1S/C24H29N3O2S/c28-23(26-13-15-30-16-14-26)17-19-8-10-21(11-9-19)25-24(29)22-7-4-12-27(22)18-20-5-2-1-3-6-20/h1-3,5-6,8-11,22H,4,7,12-18H2,(H,25,29). The predicted octanol–water partition coefficient (Wildman–Crippen LogP) is 3.41. The largest absolute Gasteiger partial charge is 0.341 e. The normalized spacial score (nSPS) is 19.6. The molecule has 2 aromatic carbocycles. The molecule has 2 amide bonds. The van der Waals surface area contributed by atoms with Gasteiger partial charge in [-0.3, -0.25) is 14.5 Å². The van der Waals surface area contributed by atoms with E-state index in [1.54, 1.807) is 0 Å². The molecule has 2 aromatic rings. The Hall–Kier alpha value is -2.31. The second-order valence-corrected chi connectivity index (χ2v) is 9.19. The molecule has 158 valence electrons. The highest BCUT2D eigenvalue weighted by molar-refractivity contribution is 7.99. The molecular formula is C24H29N3O2S. The maximum absolute atomic E-state index is 12.9. The van der Waals surface area contributed by atoms with E-state index in [2.05, 4.69) is 22.3 Å². The van der Waals surface area contributed by atoms with E-state index in [4.69, 9.17) is 0 Å². The highest BCUT2D eigenvalue weighted by Gasteiger charge is 2.30. The average Bonchev–Trinajstić information content (AvgIpc) is 3.24. The van der Waals surface area contributed by atoms with Crippen LogP contribution in [0.5, 0.6) is 0 Å². The lowest BCUT2D eigenvalue weighted by Gasteiger charge is -2.26. The topological polar surface area (TPSA) is 52.7 Å². The Bertz CT molecular complexity index is 851. The summed E-state index contributed by atoms with van der Waals surface area (Å²) in [6, 6.07) is 17.9. The van der Waals surface area contributed by atoms with Crippen LogP contribution in [0.15, 0.2) is 54.6 Å². The molecule has 0 aromatic heterocycles. The second-order valence-electron chi connectivity index (χ2n) is 7.97. The van der Waals surface area contributed by atoms with Crippen LogP contribution in [-0.4, -0.2) is 58.8 Å². The first-order valence-corrected chi connectivity index (χ1v) is 11.9. The minimum absolute atomic E-state index is 0.0538. The zero-order valence-electron chi connectivity index (χ0n) is 17.3. The van der Waals surface area contributed by atoms with Crippen LogP contribution in [0.25, 0.3) is 0 Å². The van der Waals surface area contributed by atoms with Crippen molar-refractivity contribution in [1.82, 2.24) is 9.80 Å². The van der Waals surface area contributed by atoms with Crippen LogP contribution in [-0.2, 0) is 22.6 Å². The van der Waals surface area contributed by atoms with Crippen molar-refractivity contribution in [2.75, 3.05) is 36.5 Å². The smallest absolute Gasteiger partial charge is 0.241 e. The lowest BCUT2D eigenvalue weighted by atomic mass is 10.1. The van der Waals surface area contributed by atoms with Crippen LogP contribution >= 0.6 is 11.8 Å². The van der Waals surface area contributed by atoms with Crippen LogP contribution in [0, 0.1) is 0 Å². The zero-order valence-corrected chi connectivity index (χ0v) is 18.1. The fraction of sp³-hybridized carbons (Fsp3) is 0.417. The predicted molar refractivity (Wildman–Crippen MR) is 123 cm³/mol. The van der Waals surface area contributed by atoms with E-state index in [1.165, 1.54) is 5.56 Å². The molecule has 2 aliphatic heterocycles. The lowest BCUT2D eigenvalue weighted by Crippen LogP contribution is -2.39. The molecule has 6 heteroatoms. The molecule has 0 saturated carbocycles. The number of anilines is 1. The molecule has 2 fully saturated rings. The Morgan fingerprint density at radius 3 is 2.40 bits per heavy atom. The third-order valence-corrected chi connectivity index (χ3v) is 6.78. The fourth-order valence-electron chi connectivity index (χ4n) is 4.16. The maximum atomic E-state index is 12.9. The van der Waals surface area contributed by atoms with Gasteiger partial charge in [-0.05, 0) is 42.6 Å². The molecule has 1 N–H and O–H groups in total. The Labute approximate surface area is 182 Å². The summed E-state index contributed by atoms with van der Waals surface area (Å²) in [7, 11) is 0. The van der Waals surface area contributed by atoms with Gasteiger partial charge in [-0.2, -0.15) is 11.8 Å². The van der Waals surface area contributed by atoms with Crippen molar-refractivity contribution < 1.29 is 9.59 Å². The molecule has 0 spiro atoms. The number of rotatable bonds is 6. The van der Waals surface area contributed by atoms with E-state index < -0.39 is 0 Å². The van der Waals surface area contributed by atoms with Crippen molar-refractivity contribution in [3.05, 3.63) is 65.7 Å². The molecule has 2 aliphatic rings. The second kappa shape index (κ2) is 10.1. The summed E-state index contributed by atoms with van der Waals surface area (Å²) in [5.74, 6) is 2.30. The minimum atomic E-state index is -0.0940. The highest BCUT2D eigenvalue weighted by Crippen LogP contribution is 2.22. The average molecular weight is 424 g/mol. The van der Waals surface area contributed by atoms with Gasteiger partial charge in [0.25, 0.3) is 0 Å². The van der Waals surface area contributed by atoms with Crippen LogP contribution in [0.1, 0.15) is 24.0 Å². The van der Waals surface area contributed by atoms with Crippen LogP contribution in [0.2, 0.25) is 0 Å². The quantitative estimate of drug-likeness (QED) is 0.774. The number of benzene rings is 2. The Morgan fingerprint density at radius 1 is 0.933 bits per heavy atom. The van der Waals surface area contributed by atoms with Gasteiger partial charge in [0.1, 0.15) is 0 Å². The maximum Gasteiger partial charge on any atom is 0.241 e. The number of carbonyl (C=O) groups is 2. The molecule has 2 saturated heterocycles. The van der Waals surface area contributed by atoms with Crippen LogP contribution in [0.3, 0.4) is 0 Å². The van der Waals surface area contributed by atoms with Gasteiger partial charge in [0.05, 0.1) is 12.5 Å². The van der Waals surface area contributed by atoms with E-state index in [1.807, 2.05) is 59.1 Å². The number of hydrogen-bond acceptors (Lipinski definition) is 4. The van der Waals surface area contributed by atoms with E-state index in [9.17, 15) is 9.59 Å². The molecule has 1 unspecified atom stereocenters. The first-order valence-electron chi connectivity index (χ1n) is 10.7. The summed E-state index contributed by atoms with van der Waals surface area (Å²) in [6.45, 7) is 3.44. The van der Waals surface area contributed by atoms with E-state index in [0.717, 1.165) is 61.8 Å². The molecule has 30 heavy (non-hydrogen) atoms. The van der Waals surface area contributed by atoms with Crippen molar-refractivity contribution in [2.24, 2.45) is 0 Å². The Morgan fingerprint density at radius 2 is 1.67 bits per heavy atom. The van der Waals surface area contributed by atoms with Gasteiger partial charge in [0.2, 0.25) is 11.8 Å². The van der Waals surface area contributed by atoms with E-state index in [0.29, 0.717) is 6.42 Å². The summed E-state index contributed by atoms with van der Waals surface area (Å²) >= 11 is 1.90. The van der Waals surface area contributed by atoms with Gasteiger partial charge >= 0.3 is 0 Å². The molecule has 0 radical (unpaired) electrons. The summed E-state index contributed by atoms with van der Waals surface area (Å²) < 4.78 is 0. The van der Waals surface area contributed by atoms with E-state index >= 15 is 0 Å². The zero-order chi connectivity index (χ0) is 20.8. The summed E-state index contributed by atoms with van der Waals surface area (Å²) in [6.07, 6.45) is 2.35. The first kappa shape index (κ1) is 20.9. The number of carbonyl (C=O) groups excluding carboxylic acids is 2. The number of hydrogen-bond donors (Lipinski definition) is 1. The number of thioether (sulfide) groups is 1. The van der Waals surface area contributed by atoms with Gasteiger partial charge in [0, 0.05) is 36.8 Å². The third kappa shape index (κ3) is 5.43. The van der Waals surface area contributed by atoms with Crippen LogP contribution < -0.4 is 5.32 Å². The Kier molecular flexibility index (Phi) is 7.07. The SMILES string of the molecule is O=C(Nc1ccc(CC(=O)N2CCSCC2)cc1)C1CCCN1Cc1ccccc1. The van der Waals surface area contributed by atoms with Crippen molar-refractivity contribution in [3.63, 3.8) is 0 Å². The first-order chi connectivity index (χ1) is 14.7. The van der Waals surface area contributed by atoms with Gasteiger partial charge in [-0.25, -0.2) is 0 Å². The summed E-state index contributed by atoms with van der Waals surface area (Å²) in [5, 5.41) is 3.06. The number of nitrogens with one attached hydrogen (secondary N) is 1. The lowest BCUT2D eigenvalue weighted by molar-refractivity contribution is -0.130. The molecule has 4 rings (SSSR count).